The number of hydrogen-bond acceptors (Lipinski definition) is 4. The summed E-state index contributed by atoms with van der Waals surface area (Å²) in [7, 11) is 0. The van der Waals surface area contributed by atoms with E-state index in [1.165, 1.54) is 23.1 Å². The molecule has 5 rings (SSSR count). The molecule has 0 radical (unpaired) electrons. The molecule has 0 bridgehead atoms. The maximum atomic E-state index is 14.3. The molecule has 1 saturated heterocycles. The number of hydrogen-bond donors (Lipinski definition) is 1. The molecule has 1 fully saturated rings. The molecular formula is C25H25F2N5O2. The van der Waals surface area contributed by atoms with Crippen molar-refractivity contribution in [3.05, 3.63) is 88.2 Å². The van der Waals surface area contributed by atoms with Crippen LogP contribution in [0, 0.1) is 11.6 Å². The second kappa shape index (κ2) is 9.34. The third-order valence-corrected chi connectivity index (χ3v) is 6.36. The zero-order chi connectivity index (χ0) is 23.7. The van der Waals surface area contributed by atoms with E-state index in [1.807, 2.05) is 39.9 Å². The van der Waals surface area contributed by atoms with Gasteiger partial charge in [0.1, 0.15) is 11.6 Å². The molecule has 2 aromatic carbocycles. The first-order valence-corrected chi connectivity index (χ1v) is 11.3. The van der Waals surface area contributed by atoms with Crippen LogP contribution in [0.1, 0.15) is 32.9 Å². The summed E-state index contributed by atoms with van der Waals surface area (Å²) in [5.41, 5.74) is 3.08. The number of fused-ring (bicyclic) bond motifs is 1. The van der Waals surface area contributed by atoms with Crippen molar-refractivity contribution in [2.45, 2.75) is 26.1 Å². The monoisotopic (exact) mass is 465 g/mol. The van der Waals surface area contributed by atoms with Crippen molar-refractivity contribution in [1.29, 1.82) is 0 Å². The number of carbonyl (C=O) groups is 2. The first-order chi connectivity index (χ1) is 16.5. The van der Waals surface area contributed by atoms with Crippen molar-refractivity contribution in [2.75, 3.05) is 26.2 Å². The molecule has 34 heavy (non-hydrogen) atoms. The van der Waals surface area contributed by atoms with Crippen LogP contribution in [0.5, 0.6) is 0 Å². The highest BCUT2D eigenvalue weighted by Gasteiger charge is 2.32. The maximum Gasteiger partial charge on any atom is 0.275 e. The Morgan fingerprint density at radius 3 is 2.47 bits per heavy atom. The van der Waals surface area contributed by atoms with Crippen LogP contribution in [0.25, 0.3) is 0 Å². The average molecular weight is 466 g/mol. The van der Waals surface area contributed by atoms with Gasteiger partial charge in [-0.05, 0) is 17.7 Å². The van der Waals surface area contributed by atoms with E-state index in [2.05, 4.69) is 10.4 Å². The van der Waals surface area contributed by atoms with Crippen LogP contribution in [-0.4, -0.2) is 57.6 Å². The highest BCUT2D eigenvalue weighted by atomic mass is 19.1. The molecule has 2 amide bonds. The molecular weight excluding hydrogens is 440 g/mol. The Kier molecular flexibility index (Phi) is 6.10. The lowest BCUT2D eigenvalue weighted by atomic mass is 10.0. The minimum atomic E-state index is -0.582. The fourth-order valence-electron chi connectivity index (χ4n) is 4.61. The van der Waals surface area contributed by atoms with Gasteiger partial charge in [-0.1, -0.05) is 36.4 Å². The van der Waals surface area contributed by atoms with Gasteiger partial charge in [0.05, 0.1) is 13.1 Å². The summed E-state index contributed by atoms with van der Waals surface area (Å²) in [6, 6.07) is 13.7. The molecule has 1 aromatic heterocycles. The smallest absolute Gasteiger partial charge is 0.275 e. The summed E-state index contributed by atoms with van der Waals surface area (Å²) in [5.74, 6) is -1.66. The molecule has 0 saturated carbocycles. The lowest BCUT2D eigenvalue weighted by Crippen LogP contribution is -2.50. The molecule has 3 heterocycles. The number of piperazine rings is 1. The average Bonchev–Trinajstić information content (AvgIpc) is 3.19. The molecule has 1 N–H and O–H groups in total. The van der Waals surface area contributed by atoms with Crippen molar-refractivity contribution in [2.24, 2.45) is 0 Å². The van der Waals surface area contributed by atoms with Gasteiger partial charge in [-0.2, -0.15) is 5.10 Å². The molecule has 7 nitrogen and oxygen atoms in total. The van der Waals surface area contributed by atoms with E-state index in [0.717, 1.165) is 16.8 Å². The van der Waals surface area contributed by atoms with Gasteiger partial charge in [0, 0.05) is 56.0 Å². The molecule has 0 unspecified atom stereocenters. The third-order valence-electron chi connectivity index (χ3n) is 6.36. The van der Waals surface area contributed by atoms with Gasteiger partial charge in [-0.15, -0.1) is 0 Å². The predicted molar refractivity (Wildman–Crippen MR) is 121 cm³/mol. The topological polar surface area (TPSA) is 70.5 Å². The number of nitrogens with zero attached hydrogens (tertiary/aromatic N) is 4. The Morgan fingerprint density at radius 2 is 1.74 bits per heavy atom. The van der Waals surface area contributed by atoms with Crippen molar-refractivity contribution >= 4 is 11.8 Å². The fraction of sp³-hybridized carbons (Fsp3) is 0.320. The largest absolute Gasteiger partial charge is 0.353 e. The summed E-state index contributed by atoms with van der Waals surface area (Å²) in [4.78, 5) is 28.7. The number of rotatable bonds is 5. The minimum absolute atomic E-state index is 0.0106. The van der Waals surface area contributed by atoms with Crippen molar-refractivity contribution in [3.63, 3.8) is 0 Å². The first kappa shape index (κ1) is 22.2. The standard InChI is InChI=1S/C25H25F2N5O2/c26-20-7-4-8-21(27)18(20)14-30-11-9-22-19(15-30)24(25(34)31-12-10-28-23(33)16-31)29-32(22)13-17-5-2-1-3-6-17/h1-8H,9-16H2,(H,28,33). The van der Waals surface area contributed by atoms with Gasteiger partial charge in [-0.3, -0.25) is 19.2 Å². The van der Waals surface area contributed by atoms with E-state index < -0.39 is 11.6 Å². The highest BCUT2D eigenvalue weighted by molar-refractivity contribution is 5.97. The highest BCUT2D eigenvalue weighted by Crippen LogP contribution is 2.27. The zero-order valence-corrected chi connectivity index (χ0v) is 18.6. The van der Waals surface area contributed by atoms with Gasteiger partial charge < -0.3 is 10.2 Å². The molecule has 0 aliphatic carbocycles. The zero-order valence-electron chi connectivity index (χ0n) is 18.6. The molecule has 0 atom stereocenters. The number of amides is 2. The number of halogens is 2. The Morgan fingerprint density at radius 1 is 0.971 bits per heavy atom. The van der Waals surface area contributed by atoms with Crippen LogP contribution in [0.15, 0.2) is 48.5 Å². The summed E-state index contributed by atoms with van der Waals surface area (Å²) in [6.07, 6.45) is 0.596. The summed E-state index contributed by atoms with van der Waals surface area (Å²) in [6.45, 7) is 2.34. The van der Waals surface area contributed by atoms with Crippen LogP contribution in [0.2, 0.25) is 0 Å². The summed E-state index contributed by atoms with van der Waals surface area (Å²) < 4.78 is 30.4. The van der Waals surface area contributed by atoms with E-state index in [0.29, 0.717) is 44.8 Å². The molecule has 176 valence electrons. The number of carbonyl (C=O) groups excluding carboxylic acids is 2. The van der Waals surface area contributed by atoms with Crippen LogP contribution >= 0.6 is 0 Å². The SMILES string of the molecule is O=C1CN(C(=O)c2nn(Cc3ccccc3)c3c2CN(Cc2c(F)cccc2F)CC3)CCN1. The summed E-state index contributed by atoms with van der Waals surface area (Å²) >= 11 is 0. The van der Waals surface area contributed by atoms with Crippen LogP contribution < -0.4 is 5.32 Å². The minimum Gasteiger partial charge on any atom is -0.353 e. The quantitative estimate of drug-likeness (QED) is 0.628. The van der Waals surface area contributed by atoms with E-state index in [1.54, 1.807) is 0 Å². The Balaban J connectivity index is 1.46. The lowest BCUT2D eigenvalue weighted by molar-refractivity contribution is -0.123. The number of aromatic nitrogens is 2. The van der Waals surface area contributed by atoms with E-state index in [-0.39, 0.29) is 30.5 Å². The van der Waals surface area contributed by atoms with Gasteiger partial charge >= 0.3 is 0 Å². The van der Waals surface area contributed by atoms with E-state index >= 15 is 0 Å². The Labute approximate surface area is 196 Å². The van der Waals surface area contributed by atoms with Gasteiger partial charge in [-0.25, -0.2) is 8.78 Å². The van der Waals surface area contributed by atoms with Gasteiger partial charge in [0.25, 0.3) is 5.91 Å². The Hall–Kier alpha value is -3.59. The Bertz CT molecular complexity index is 1210. The predicted octanol–water partition coefficient (Wildman–Crippen LogP) is 2.34. The molecule has 0 spiro atoms. The van der Waals surface area contributed by atoms with Crippen LogP contribution in [0.4, 0.5) is 8.78 Å². The fourth-order valence-corrected chi connectivity index (χ4v) is 4.61. The van der Waals surface area contributed by atoms with E-state index in [9.17, 15) is 18.4 Å². The second-order valence-electron chi connectivity index (χ2n) is 8.65. The maximum absolute atomic E-state index is 14.3. The third kappa shape index (κ3) is 4.43. The lowest BCUT2D eigenvalue weighted by Gasteiger charge is -2.29. The molecule has 3 aromatic rings. The second-order valence-corrected chi connectivity index (χ2v) is 8.65. The van der Waals surface area contributed by atoms with Gasteiger partial charge in [0.2, 0.25) is 5.91 Å². The summed E-state index contributed by atoms with van der Waals surface area (Å²) in [5, 5.41) is 7.41. The van der Waals surface area contributed by atoms with Crippen LogP contribution in [-0.2, 0) is 30.8 Å². The van der Waals surface area contributed by atoms with Crippen molar-refractivity contribution in [1.82, 2.24) is 24.9 Å². The number of nitrogens with one attached hydrogen (secondary N) is 1. The molecule has 2 aliphatic rings. The normalized spacial score (nSPS) is 16.3. The molecule has 2 aliphatic heterocycles. The first-order valence-electron chi connectivity index (χ1n) is 11.3. The molecule has 9 heteroatoms. The van der Waals surface area contributed by atoms with Crippen molar-refractivity contribution in [3.8, 4) is 0 Å². The van der Waals surface area contributed by atoms with Gasteiger partial charge in [0.15, 0.2) is 5.69 Å². The van der Waals surface area contributed by atoms with Crippen molar-refractivity contribution < 1.29 is 18.4 Å². The van der Waals surface area contributed by atoms with Crippen LogP contribution in [0.3, 0.4) is 0 Å². The van der Waals surface area contributed by atoms with E-state index in [4.69, 9.17) is 0 Å². The number of benzene rings is 2.